The summed E-state index contributed by atoms with van der Waals surface area (Å²) in [7, 11) is 0. The van der Waals surface area contributed by atoms with Gasteiger partial charge < -0.3 is 9.68 Å². The molecule has 0 amide bonds. The number of alkyl halides is 1. The Morgan fingerprint density at radius 2 is 2.22 bits per heavy atom. The number of oxime groups is 2. The summed E-state index contributed by atoms with van der Waals surface area (Å²) in [5, 5.41) is 7.30. The van der Waals surface area contributed by atoms with Crippen molar-refractivity contribution >= 4 is 17.4 Å². The van der Waals surface area contributed by atoms with E-state index in [0.717, 1.165) is 5.71 Å². The highest BCUT2D eigenvalue weighted by molar-refractivity contribution is 5.96. The maximum atomic E-state index is 12.2. The molecule has 0 aliphatic carbocycles. The third-order valence-corrected chi connectivity index (χ3v) is 2.64. The van der Waals surface area contributed by atoms with Crippen LogP contribution in [0.3, 0.4) is 0 Å². The SMILES string of the molecule is C/C(CF)=N\OC(=O)C1(C)CC(C(C)(C)C)=NO1. The van der Waals surface area contributed by atoms with Gasteiger partial charge in [-0.2, -0.15) is 0 Å². The normalized spacial score (nSPS) is 24.6. The Morgan fingerprint density at radius 3 is 2.67 bits per heavy atom. The van der Waals surface area contributed by atoms with Gasteiger partial charge in [-0.3, -0.25) is 0 Å². The monoisotopic (exact) mass is 258 g/mol. The summed E-state index contributed by atoms with van der Waals surface area (Å²) < 4.78 is 12.2. The van der Waals surface area contributed by atoms with Crippen molar-refractivity contribution in [2.24, 2.45) is 15.7 Å². The molecule has 1 atom stereocenters. The maximum Gasteiger partial charge on any atom is 0.381 e. The Kier molecular flexibility index (Phi) is 4.09. The molecule has 18 heavy (non-hydrogen) atoms. The lowest BCUT2D eigenvalue weighted by atomic mass is 9.84. The molecular formula is C12H19FN2O3. The molecule has 102 valence electrons. The first kappa shape index (κ1) is 14.6. The van der Waals surface area contributed by atoms with Gasteiger partial charge in [-0.15, -0.1) is 0 Å². The zero-order valence-corrected chi connectivity index (χ0v) is 11.4. The number of hydrogen-bond donors (Lipinski definition) is 0. The van der Waals surface area contributed by atoms with E-state index in [-0.39, 0.29) is 11.1 Å². The van der Waals surface area contributed by atoms with Crippen LogP contribution in [0.2, 0.25) is 0 Å². The summed E-state index contributed by atoms with van der Waals surface area (Å²) >= 11 is 0. The molecule has 0 bridgehead atoms. The van der Waals surface area contributed by atoms with E-state index in [0.29, 0.717) is 6.42 Å². The molecule has 0 saturated carbocycles. The second-order valence-electron chi connectivity index (χ2n) is 5.63. The minimum absolute atomic E-state index is 0.0990. The summed E-state index contributed by atoms with van der Waals surface area (Å²) in [5.41, 5.74) is -0.464. The van der Waals surface area contributed by atoms with Gasteiger partial charge in [-0.05, 0) is 13.8 Å². The van der Waals surface area contributed by atoms with Gasteiger partial charge in [0.1, 0.15) is 6.67 Å². The molecule has 0 aromatic carbocycles. The highest BCUT2D eigenvalue weighted by atomic mass is 19.1. The quantitative estimate of drug-likeness (QED) is 0.444. The Hall–Kier alpha value is -1.46. The van der Waals surface area contributed by atoms with Gasteiger partial charge in [0, 0.05) is 11.8 Å². The third-order valence-electron chi connectivity index (χ3n) is 2.64. The van der Waals surface area contributed by atoms with Crippen molar-refractivity contribution in [2.75, 3.05) is 6.67 Å². The van der Waals surface area contributed by atoms with E-state index in [2.05, 4.69) is 15.1 Å². The zero-order chi connectivity index (χ0) is 14.0. The second kappa shape index (κ2) is 5.04. The smallest absolute Gasteiger partial charge is 0.377 e. The summed E-state index contributed by atoms with van der Waals surface area (Å²) in [6, 6.07) is 0. The molecule has 1 aliphatic heterocycles. The number of rotatable bonds is 3. The van der Waals surface area contributed by atoms with E-state index in [1.54, 1.807) is 6.92 Å². The number of carbonyl (C=O) groups is 1. The van der Waals surface area contributed by atoms with Crippen LogP contribution >= 0.6 is 0 Å². The maximum absolute atomic E-state index is 12.2. The Bertz CT molecular complexity index is 399. The molecule has 0 aromatic rings. The molecule has 6 heteroatoms. The van der Waals surface area contributed by atoms with E-state index in [9.17, 15) is 9.18 Å². The van der Waals surface area contributed by atoms with Crippen LogP contribution in [-0.4, -0.2) is 29.7 Å². The van der Waals surface area contributed by atoms with E-state index < -0.39 is 18.2 Å². The average Bonchev–Trinajstić information content (AvgIpc) is 2.69. The molecule has 0 N–H and O–H groups in total. The van der Waals surface area contributed by atoms with Crippen molar-refractivity contribution in [3.8, 4) is 0 Å². The molecule has 0 fully saturated rings. The summed E-state index contributed by atoms with van der Waals surface area (Å²) in [5.74, 6) is -0.668. The Labute approximate surface area is 106 Å². The van der Waals surface area contributed by atoms with Gasteiger partial charge >= 0.3 is 5.97 Å². The van der Waals surface area contributed by atoms with Crippen LogP contribution in [-0.2, 0) is 14.5 Å². The number of nitrogens with zero attached hydrogens (tertiary/aromatic N) is 2. The summed E-state index contributed by atoms with van der Waals surface area (Å²) in [6.07, 6.45) is 0.347. The molecule has 1 unspecified atom stereocenters. The summed E-state index contributed by atoms with van der Waals surface area (Å²) in [6.45, 7) is 8.21. The fourth-order valence-electron chi connectivity index (χ4n) is 1.29. The van der Waals surface area contributed by atoms with Crippen molar-refractivity contribution in [3.63, 3.8) is 0 Å². The fraction of sp³-hybridized carbons (Fsp3) is 0.750. The summed E-state index contributed by atoms with van der Waals surface area (Å²) in [4.78, 5) is 21.6. The van der Waals surface area contributed by atoms with Crippen LogP contribution in [0, 0.1) is 5.41 Å². The van der Waals surface area contributed by atoms with Crippen LogP contribution in [0.4, 0.5) is 4.39 Å². The zero-order valence-electron chi connectivity index (χ0n) is 11.4. The minimum Gasteiger partial charge on any atom is -0.377 e. The lowest BCUT2D eigenvalue weighted by Crippen LogP contribution is -2.37. The van der Waals surface area contributed by atoms with Crippen molar-refractivity contribution in [1.82, 2.24) is 0 Å². The van der Waals surface area contributed by atoms with Gasteiger partial charge in [-0.1, -0.05) is 31.1 Å². The van der Waals surface area contributed by atoms with Crippen molar-refractivity contribution in [3.05, 3.63) is 0 Å². The third kappa shape index (κ3) is 3.27. The van der Waals surface area contributed by atoms with Gasteiger partial charge in [0.15, 0.2) is 0 Å². The molecule has 1 rings (SSSR count). The van der Waals surface area contributed by atoms with Gasteiger partial charge in [0.2, 0.25) is 5.60 Å². The van der Waals surface area contributed by atoms with Gasteiger partial charge in [0.25, 0.3) is 0 Å². The highest BCUT2D eigenvalue weighted by Crippen LogP contribution is 2.32. The molecule has 0 radical (unpaired) electrons. The lowest BCUT2D eigenvalue weighted by Gasteiger charge is -2.20. The van der Waals surface area contributed by atoms with Gasteiger partial charge in [-0.25, -0.2) is 9.18 Å². The standard InChI is InChI=1S/C12H19FN2O3/c1-8(7-13)14-17-10(16)12(5)6-9(15-18-12)11(2,3)4/h6-7H2,1-5H3/b14-8+. The topological polar surface area (TPSA) is 60.2 Å². The number of carbonyl (C=O) groups excluding carboxylic acids is 1. The molecular weight excluding hydrogens is 239 g/mol. The van der Waals surface area contributed by atoms with Crippen LogP contribution in [0.1, 0.15) is 41.0 Å². The molecule has 1 heterocycles. The van der Waals surface area contributed by atoms with Crippen LogP contribution in [0.5, 0.6) is 0 Å². The fourth-order valence-corrected chi connectivity index (χ4v) is 1.29. The largest absolute Gasteiger partial charge is 0.381 e. The van der Waals surface area contributed by atoms with Crippen molar-refractivity contribution in [2.45, 2.75) is 46.6 Å². The van der Waals surface area contributed by atoms with Crippen molar-refractivity contribution < 1.29 is 18.9 Å². The van der Waals surface area contributed by atoms with E-state index in [1.807, 2.05) is 20.8 Å². The van der Waals surface area contributed by atoms with Crippen LogP contribution < -0.4 is 0 Å². The highest BCUT2D eigenvalue weighted by Gasteiger charge is 2.46. The van der Waals surface area contributed by atoms with Crippen molar-refractivity contribution in [1.29, 1.82) is 0 Å². The van der Waals surface area contributed by atoms with Crippen LogP contribution in [0.15, 0.2) is 10.3 Å². The lowest BCUT2D eigenvalue weighted by molar-refractivity contribution is -0.167. The molecule has 1 aliphatic rings. The first-order chi connectivity index (χ1) is 8.19. The Morgan fingerprint density at radius 1 is 1.61 bits per heavy atom. The number of hydrogen-bond acceptors (Lipinski definition) is 5. The number of halogens is 1. The molecule has 0 aromatic heterocycles. The predicted molar refractivity (Wildman–Crippen MR) is 66.2 cm³/mol. The molecule has 0 spiro atoms. The molecule has 5 nitrogen and oxygen atoms in total. The minimum atomic E-state index is -1.18. The first-order valence-electron chi connectivity index (χ1n) is 5.75. The van der Waals surface area contributed by atoms with E-state index in [4.69, 9.17) is 4.84 Å². The predicted octanol–water partition coefficient (Wildman–Crippen LogP) is 2.46. The van der Waals surface area contributed by atoms with E-state index >= 15 is 0 Å². The average molecular weight is 258 g/mol. The van der Waals surface area contributed by atoms with Gasteiger partial charge in [0.05, 0.1) is 11.4 Å². The molecule has 0 saturated heterocycles. The van der Waals surface area contributed by atoms with E-state index in [1.165, 1.54) is 6.92 Å². The second-order valence-corrected chi connectivity index (χ2v) is 5.63. The first-order valence-corrected chi connectivity index (χ1v) is 5.75. The van der Waals surface area contributed by atoms with Crippen LogP contribution in [0.25, 0.3) is 0 Å². The Balaban J connectivity index is 2.67.